The molecule has 156 valence electrons. The van der Waals surface area contributed by atoms with Crippen LogP contribution in [0.5, 0.6) is 0 Å². The third kappa shape index (κ3) is 3.94. The summed E-state index contributed by atoms with van der Waals surface area (Å²) in [6, 6.07) is 10.1. The highest BCUT2D eigenvalue weighted by Crippen LogP contribution is 2.29. The Morgan fingerprint density at radius 2 is 1.73 bits per heavy atom. The quantitative estimate of drug-likeness (QED) is 0.630. The highest BCUT2D eigenvalue weighted by atomic mass is 19.4. The van der Waals surface area contributed by atoms with E-state index in [1.807, 2.05) is 43.0 Å². The van der Waals surface area contributed by atoms with Crippen LogP contribution in [0.25, 0.3) is 10.9 Å². The third-order valence-corrected chi connectivity index (χ3v) is 5.29. The van der Waals surface area contributed by atoms with Gasteiger partial charge in [-0.25, -0.2) is 4.98 Å². The van der Waals surface area contributed by atoms with E-state index in [0.29, 0.717) is 37.6 Å². The van der Waals surface area contributed by atoms with Gasteiger partial charge in [0, 0.05) is 43.5 Å². The molecule has 1 fully saturated rings. The molecule has 2 aromatic heterocycles. The molecule has 1 aliphatic heterocycles. The first-order valence-corrected chi connectivity index (χ1v) is 9.68. The number of nitrogens with zero attached hydrogens (tertiary/aromatic N) is 4. The van der Waals surface area contributed by atoms with Crippen molar-refractivity contribution in [3.8, 4) is 0 Å². The standard InChI is InChI=1S/C22H21F3N4O/c1-14-3-5-19-17(11-14)18(12-15(2)27-19)21(30)29-9-7-28(8-10-29)20-6-4-16(13-26-20)22(23,24)25/h3-6,11-13H,7-10H2,1-2H3. The zero-order valence-electron chi connectivity index (χ0n) is 16.7. The van der Waals surface area contributed by atoms with Crippen LogP contribution in [0.4, 0.5) is 19.0 Å². The monoisotopic (exact) mass is 414 g/mol. The molecule has 0 unspecified atom stereocenters. The molecule has 3 aromatic rings. The van der Waals surface area contributed by atoms with E-state index in [1.165, 1.54) is 6.07 Å². The Balaban J connectivity index is 1.50. The lowest BCUT2D eigenvalue weighted by atomic mass is 10.0. The molecule has 1 aromatic carbocycles. The highest BCUT2D eigenvalue weighted by Gasteiger charge is 2.31. The minimum atomic E-state index is -4.40. The average Bonchev–Trinajstić information content (AvgIpc) is 2.72. The summed E-state index contributed by atoms with van der Waals surface area (Å²) in [6.07, 6.45) is -3.55. The SMILES string of the molecule is Cc1ccc2nc(C)cc(C(=O)N3CCN(c4ccc(C(F)(F)F)cn4)CC3)c2c1. The van der Waals surface area contributed by atoms with Gasteiger partial charge in [0.05, 0.1) is 16.6 Å². The van der Waals surface area contributed by atoms with Crippen LogP contribution in [0.3, 0.4) is 0 Å². The molecule has 30 heavy (non-hydrogen) atoms. The number of hydrogen-bond donors (Lipinski definition) is 0. The summed E-state index contributed by atoms with van der Waals surface area (Å²) in [6.45, 7) is 5.79. The van der Waals surface area contributed by atoms with Gasteiger partial charge in [0.15, 0.2) is 0 Å². The van der Waals surface area contributed by atoms with Gasteiger partial charge in [-0.15, -0.1) is 0 Å². The maximum absolute atomic E-state index is 13.2. The summed E-state index contributed by atoms with van der Waals surface area (Å²) < 4.78 is 38.2. The fourth-order valence-electron chi connectivity index (χ4n) is 3.70. The number of amides is 1. The van der Waals surface area contributed by atoms with Gasteiger partial charge in [-0.1, -0.05) is 11.6 Å². The molecule has 0 radical (unpaired) electrons. The molecule has 0 bridgehead atoms. The summed E-state index contributed by atoms with van der Waals surface area (Å²) in [4.78, 5) is 25.3. The molecule has 4 rings (SSSR count). The van der Waals surface area contributed by atoms with Gasteiger partial charge in [0.1, 0.15) is 5.82 Å². The maximum Gasteiger partial charge on any atom is 0.417 e. The molecule has 1 aliphatic rings. The number of aryl methyl sites for hydroxylation is 2. The maximum atomic E-state index is 13.2. The second-order valence-corrected chi connectivity index (χ2v) is 7.51. The molecule has 3 heterocycles. The van der Waals surface area contributed by atoms with E-state index in [-0.39, 0.29) is 5.91 Å². The Bertz CT molecular complexity index is 1090. The number of pyridine rings is 2. The van der Waals surface area contributed by atoms with Gasteiger partial charge in [-0.2, -0.15) is 13.2 Å². The molecule has 0 N–H and O–H groups in total. The fraction of sp³-hybridized carbons (Fsp3) is 0.318. The van der Waals surface area contributed by atoms with Crippen LogP contribution in [0, 0.1) is 13.8 Å². The molecule has 0 saturated carbocycles. The van der Waals surface area contributed by atoms with Crippen LogP contribution in [0.1, 0.15) is 27.2 Å². The number of aromatic nitrogens is 2. The van der Waals surface area contributed by atoms with Gasteiger partial charge < -0.3 is 9.80 Å². The Kier molecular flexibility index (Phi) is 5.09. The van der Waals surface area contributed by atoms with Gasteiger partial charge in [0.2, 0.25) is 0 Å². The average molecular weight is 414 g/mol. The second-order valence-electron chi connectivity index (χ2n) is 7.51. The summed E-state index contributed by atoms with van der Waals surface area (Å²) >= 11 is 0. The zero-order chi connectivity index (χ0) is 21.5. The number of hydrogen-bond acceptors (Lipinski definition) is 4. The van der Waals surface area contributed by atoms with Crippen molar-refractivity contribution in [1.29, 1.82) is 0 Å². The van der Waals surface area contributed by atoms with E-state index in [4.69, 9.17) is 0 Å². The van der Waals surface area contributed by atoms with Gasteiger partial charge in [-0.3, -0.25) is 9.78 Å². The number of carbonyl (C=O) groups is 1. The third-order valence-electron chi connectivity index (χ3n) is 5.29. The number of benzene rings is 1. The number of halogens is 3. The van der Waals surface area contributed by atoms with Crippen molar-refractivity contribution in [1.82, 2.24) is 14.9 Å². The Morgan fingerprint density at radius 1 is 1.00 bits per heavy atom. The number of fused-ring (bicyclic) bond motifs is 1. The van der Waals surface area contributed by atoms with Gasteiger partial charge in [0.25, 0.3) is 5.91 Å². The fourth-order valence-corrected chi connectivity index (χ4v) is 3.70. The second kappa shape index (κ2) is 7.59. The Morgan fingerprint density at radius 3 is 2.37 bits per heavy atom. The highest BCUT2D eigenvalue weighted by molar-refractivity contribution is 6.06. The van der Waals surface area contributed by atoms with E-state index in [2.05, 4.69) is 9.97 Å². The van der Waals surface area contributed by atoms with Gasteiger partial charge >= 0.3 is 6.18 Å². The number of piperazine rings is 1. The lowest BCUT2D eigenvalue weighted by Crippen LogP contribution is -2.49. The molecule has 1 amide bonds. The van der Waals surface area contributed by atoms with Crippen LogP contribution in [0.15, 0.2) is 42.6 Å². The van der Waals surface area contributed by atoms with E-state index in [9.17, 15) is 18.0 Å². The van der Waals surface area contributed by atoms with E-state index in [1.54, 1.807) is 4.90 Å². The molecule has 8 heteroatoms. The molecule has 0 spiro atoms. The predicted molar refractivity (Wildman–Crippen MR) is 109 cm³/mol. The number of carbonyl (C=O) groups excluding carboxylic acids is 1. The summed E-state index contributed by atoms with van der Waals surface area (Å²) in [5.41, 5.74) is 2.48. The normalized spacial score (nSPS) is 15.0. The lowest BCUT2D eigenvalue weighted by molar-refractivity contribution is -0.137. The predicted octanol–water partition coefficient (Wildman–Crippen LogP) is 4.23. The zero-order valence-corrected chi connectivity index (χ0v) is 16.7. The van der Waals surface area contributed by atoms with Crippen molar-refractivity contribution in [2.75, 3.05) is 31.1 Å². The summed E-state index contributed by atoms with van der Waals surface area (Å²) in [7, 11) is 0. The van der Waals surface area contributed by atoms with Gasteiger partial charge in [-0.05, 0) is 44.2 Å². The van der Waals surface area contributed by atoms with Crippen LogP contribution in [-0.4, -0.2) is 47.0 Å². The van der Waals surface area contributed by atoms with Crippen LogP contribution in [0.2, 0.25) is 0 Å². The summed E-state index contributed by atoms with van der Waals surface area (Å²) in [5, 5.41) is 0.831. The van der Waals surface area contributed by atoms with Crippen molar-refractivity contribution in [3.63, 3.8) is 0 Å². The molecule has 0 atom stereocenters. The topological polar surface area (TPSA) is 49.3 Å². The van der Waals surface area contributed by atoms with E-state index in [0.717, 1.165) is 34.4 Å². The number of alkyl halides is 3. The molecule has 0 aliphatic carbocycles. The van der Waals surface area contributed by atoms with Crippen molar-refractivity contribution in [3.05, 3.63) is 65.0 Å². The first kappa shape index (κ1) is 20.1. The molecular weight excluding hydrogens is 393 g/mol. The van der Waals surface area contributed by atoms with Crippen molar-refractivity contribution >= 4 is 22.6 Å². The largest absolute Gasteiger partial charge is 0.417 e. The van der Waals surface area contributed by atoms with E-state index >= 15 is 0 Å². The molecule has 5 nitrogen and oxygen atoms in total. The minimum absolute atomic E-state index is 0.0591. The smallest absolute Gasteiger partial charge is 0.353 e. The summed E-state index contributed by atoms with van der Waals surface area (Å²) in [5.74, 6) is 0.423. The molecular formula is C22H21F3N4O. The lowest BCUT2D eigenvalue weighted by Gasteiger charge is -2.35. The number of rotatable bonds is 2. The number of anilines is 1. The Labute approximate surface area is 172 Å². The first-order valence-electron chi connectivity index (χ1n) is 9.68. The van der Waals surface area contributed by atoms with Crippen LogP contribution in [-0.2, 0) is 6.18 Å². The van der Waals surface area contributed by atoms with Crippen molar-refractivity contribution < 1.29 is 18.0 Å². The van der Waals surface area contributed by atoms with Crippen molar-refractivity contribution in [2.24, 2.45) is 0 Å². The van der Waals surface area contributed by atoms with Crippen LogP contribution < -0.4 is 4.90 Å². The first-order chi connectivity index (χ1) is 14.2. The van der Waals surface area contributed by atoms with Crippen LogP contribution >= 0.6 is 0 Å². The van der Waals surface area contributed by atoms with E-state index < -0.39 is 11.7 Å². The minimum Gasteiger partial charge on any atom is -0.353 e. The molecule has 1 saturated heterocycles. The van der Waals surface area contributed by atoms with Crippen molar-refractivity contribution in [2.45, 2.75) is 20.0 Å². The Hall–Kier alpha value is -3.16.